The summed E-state index contributed by atoms with van der Waals surface area (Å²) < 4.78 is 31.9. The lowest BCUT2D eigenvalue weighted by molar-refractivity contribution is 0.122. The molecule has 3 rings (SSSR count). The number of nitrogens with zero attached hydrogens (tertiary/aromatic N) is 1. The summed E-state index contributed by atoms with van der Waals surface area (Å²) in [6.07, 6.45) is -1.02. The van der Waals surface area contributed by atoms with Gasteiger partial charge in [0.1, 0.15) is 11.6 Å². The monoisotopic (exact) mass is 348 g/mol. The van der Waals surface area contributed by atoms with Gasteiger partial charge in [0.25, 0.3) is 0 Å². The van der Waals surface area contributed by atoms with Crippen molar-refractivity contribution < 1.29 is 18.6 Å². The van der Waals surface area contributed by atoms with Crippen molar-refractivity contribution in [1.82, 2.24) is 5.32 Å². The highest BCUT2D eigenvalue weighted by Crippen LogP contribution is 2.18. The lowest BCUT2D eigenvalue weighted by Gasteiger charge is -2.28. The van der Waals surface area contributed by atoms with Crippen molar-refractivity contribution in [3.8, 4) is 0 Å². The Kier molecular flexibility index (Phi) is 5.96. The van der Waals surface area contributed by atoms with Crippen LogP contribution < -0.4 is 10.2 Å². The third-order valence-electron chi connectivity index (χ3n) is 4.30. The first-order valence-electron chi connectivity index (χ1n) is 8.39. The fourth-order valence-electron chi connectivity index (χ4n) is 2.88. The van der Waals surface area contributed by atoms with Crippen molar-refractivity contribution in [2.45, 2.75) is 12.6 Å². The highest BCUT2D eigenvalue weighted by Gasteiger charge is 2.13. The molecule has 0 aromatic heterocycles. The lowest BCUT2D eigenvalue weighted by Crippen LogP contribution is -2.36. The summed E-state index contributed by atoms with van der Waals surface area (Å²) in [5, 5.41) is 13.1. The third kappa shape index (κ3) is 4.75. The van der Waals surface area contributed by atoms with Crippen molar-refractivity contribution in [3.05, 3.63) is 65.2 Å². The summed E-state index contributed by atoms with van der Waals surface area (Å²) in [7, 11) is 0. The van der Waals surface area contributed by atoms with E-state index in [1.165, 1.54) is 11.8 Å². The largest absolute Gasteiger partial charge is 0.387 e. The Labute approximate surface area is 146 Å². The van der Waals surface area contributed by atoms with Gasteiger partial charge in [0.05, 0.1) is 19.3 Å². The number of anilines is 1. The van der Waals surface area contributed by atoms with E-state index in [9.17, 15) is 13.9 Å². The molecule has 0 unspecified atom stereocenters. The fraction of sp³-hybridized carbons (Fsp3) is 0.368. The van der Waals surface area contributed by atoms with E-state index in [1.54, 1.807) is 0 Å². The first kappa shape index (κ1) is 17.8. The number of ether oxygens (including phenoxy) is 1. The van der Waals surface area contributed by atoms with Crippen LogP contribution >= 0.6 is 0 Å². The Bertz CT molecular complexity index is 688. The van der Waals surface area contributed by atoms with E-state index in [2.05, 4.69) is 22.3 Å². The van der Waals surface area contributed by atoms with Gasteiger partial charge in [-0.15, -0.1) is 0 Å². The third-order valence-corrected chi connectivity index (χ3v) is 4.30. The molecular weight excluding hydrogens is 326 g/mol. The molecule has 1 aliphatic rings. The van der Waals surface area contributed by atoms with E-state index < -0.39 is 17.7 Å². The average molecular weight is 348 g/mol. The van der Waals surface area contributed by atoms with Crippen LogP contribution in [0.4, 0.5) is 14.5 Å². The summed E-state index contributed by atoms with van der Waals surface area (Å²) >= 11 is 0. The molecule has 4 nitrogen and oxygen atoms in total. The van der Waals surface area contributed by atoms with E-state index >= 15 is 0 Å². The number of rotatable bonds is 6. The lowest BCUT2D eigenvalue weighted by atomic mass is 10.1. The Morgan fingerprint density at radius 2 is 1.80 bits per heavy atom. The number of hydrogen-bond donors (Lipinski definition) is 2. The van der Waals surface area contributed by atoms with Crippen LogP contribution in [0.3, 0.4) is 0 Å². The molecule has 2 N–H and O–H groups in total. The standard InChI is InChI=1S/C19H22F2N2O2/c20-15-3-6-17(18(21)11-15)19(24)13-22-12-14-1-4-16(5-2-14)23-7-9-25-10-8-23/h1-6,11,19,22,24H,7-10,12-13H2/t19-/m1/s1. The normalized spacial score (nSPS) is 16.0. The van der Waals surface area contributed by atoms with Crippen molar-refractivity contribution >= 4 is 5.69 Å². The molecule has 2 aromatic carbocycles. The molecule has 0 saturated carbocycles. The first-order valence-corrected chi connectivity index (χ1v) is 8.39. The second kappa shape index (κ2) is 8.38. The SMILES string of the molecule is O[C@H](CNCc1ccc(N2CCOCC2)cc1)c1ccc(F)cc1F. The molecule has 0 spiro atoms. The van der Waals surface area contributed by atoms with Gasteiger partial charge < -0.3 is 20.1 Å². The highest BCUT2D eigenvalue weighted by atomic mass is 19.1. The minimum atomic E-state index is -1.02. The van der Waals surface area contributed by atoms with Crippen LogP contribution in [0.2, 0.25) is 0 Å². The molecule has 25 heavy (non-hydrogen) atoms. The van der Waals surface area contributed by atoms with Gasteiger partial charge >= 0.3 is 0 Å². The molecule has 0 aliphatic carbocycles. The Hall–Kier alpha value is -2.02. The second-order valence-electron chi connectivity index (χ2n) is 6.08. The second-order valence-corrected chi connectivity index (χ2v) is 6.08. The predicted molar refractivity (Wildman–Crippen MR) is 92.5 cm³/mol. The van der Waals surface area contributed by atoms with E-state index in [0.717, 1.165) is 44.0 Å². The molecule has 1 heterocycles. The predicted octanol–water partition coefficient (Wildman–Crippen LogP) is 2.62. The number of morpholine rings is 1. The number of aliphatic hydroxyl groups excluding tert-OH is 1. The van der Waals surface area contributed by atoms with Gasteiger partial charge in [-0.1, -0.05) is 18.2 Å². The van der Waals surface area contributed by atoms with Gasteiger partial charge in [-0.2, -0.15) is 0 Å². The summed E-state index contributed by atoms with van der Waals surface area (Å²) in [6.45, 7) is 4.04. The zero-order valence-corrected chi connectivity index (χ0v) is 13.9. The first-order chi connectivity index (χ1) is 12.1. The molecule has 6 heteroatoms. The molecule has 1 atom stereocenters. The maximum absolute atomic E-state index is 13.6. The topological polar surface area (TPSA) is 44.7 Å². The molecular formula is C19H22F2N2O2. The van der Waals surface area contributed by atoms with E-state index in [-0.39, 0.29) is 12.1 Å². The summed E-state index contributed by atoms with van der Waals surface area (Å²) in [4.78, 5) is 2.28. The van der Waals surface area contributed by atoms with Crippen LogP contribution in [0.25, 0.3) is 0 Å². The summed E-state index contributed by atoms with van der Waals surface area (Å²) in [5.74, 6) is -1.38. The van der Waals surface area contributed by atoms with Crippen molar-refractivity contribution in [2.75, 3.05) is 37.7 Å². The smallest absolute Gasteiger partial charge is 0.131 e. The zero-order valence-electron chi connectivity index (χ0n) is 13.9. The van der Waals surface area contributed by atoms with E-state index in [4.69, 9.17) is 4.74 Å². The molecule has 0 bridgehead atoms. The van der Waals surface area contributed by atoms with Crippen LogP contribution in [-0.4, -0.2) is 38.0 Å². The molecule has 1 fully saturated rings. The van der Waals surface area contributed by atoms with Gasteiger partial charge in [-0.3, -0.25) is 0 Å². The molecule has 1 saturated heterocycles. The highest BCUT2D eigenvalue weighted by molar-refractivity contribution is 5.47. The van der Waals surface area contributed by atoms with Crippen LogP contribution in [0, 0.1) is 11.6 Å². The Morgan fingerprint density at radius 3 is 2.48 bits per heavy atom. The van der Waals surface area contributed by atoms with Crippen molar-refractivity contribution in [3.63, 3.8) is 0 Å². The number of nitrogens with one attached hydrogen (secondary N) is 1. The van der Waals surface area contributed by atoms with E-state index in [0.29, 0.717) is 6.54 Å². The van der Waals surface area contributed by atoms with Crippen LogP contribution in [0.15, 0.2) is 42.5 Å². The summed E-state index contributed by atoms with van der Waals surface area (Å²) in [5.41, 5.74) is 2.33. The van der Waals surface area contributed by atoms with Gasteiger partial charge in [0.2, 0.25) is 0 Å². The van der Waals surface area contributed by atoms with E-state index in [1.807, 2.05) is 12.1 Å². The number of hydrogen-bond acceptors (Lipinski definition) is 4. The van der Waals surface area contributed by atoms with Crippen LogP contribution in [0.1, 0.15) is 17.2 Å². The Balaban J connectivity index is 1.49. The minimum Gasteiger partial charge on any atom is -0.387 e. The Morgan fingerprint density at radius 1 is 1.08 bits per heavy atom. The molecule has 0 amide bonds. The number of halogens is 2. The summed E-state index contributed by atoms with van der Waals surface area (Å²) in [6, 6.07) is 11.4. The molecule has 2 aromatic rings. The average Bonchev–Trinajstić information content (AvgIpc) is 2.63. The van der Waals surface area contributed by atoms with Crippen LogP contribution in [-0.2, 0) is 11.3 Å². The van der Waals surface area contributed by atoms with Crippen molar-refractivity contribution in [2.24, 2.45) is 0 Å². The van der Waals surface area contributed by atoms with Crippen molar-refractivity contribution in [1.29, 1.82) is 0 Å². The van der Waals surface area contributed by atoms with Gasteiger partial charge in [-0.25, -0.2) is 8.78 Å². The maximum Gasteiger partial charge on any atom is 0.131 e. The number of benzene rings is 2. The molecule has 0 radical (unpaired) electrons. The van der Waals surface area contributed by atoms with Gasteiger partial charge in [0.15, 0.2) is 0 Å². The zero-order chi connectivity index (χ0) is 17.6. The van der Waals surface area contributed by atoms with Crippen LogP contribution in [0.5, 0.6) is 0 Å². The minimum absolute atomic E-state index is 0.0940. The molecule has 134 valence electrons. The maximum atomic E-state index is 13.6. The quantitative estimate of drug-likeness (QED) is 0.842. The number of aliphatic hydroxyl groups is 1. The molecule has 1 aliphatic heterocycles. The fourth-order valence-corrected chi connectivity index (χ4v) is 2.88. The van der Waals surface area contributed by atoms with Gasteiger partial charge in [-0.05, 0) is 23.8 Å². The van der Waals surface area contributed by atoms with Gasteiger partial charge in [0, 0.05) is 43.5 Å².